The van der Waals surface area contributed by atoms with Gasteiger partial charge in [0.2, 0.25) is 0 Å². The zero-order valence-electron chi connectivity index (χ0n) is 20.1. The Hall–Kier alpha value is -2.81. The van der Waals surface area contributed by atoms with E-state index in [4.69, 9.17) is 21.4 Å². The van der Waals surface area contributed by atoms with E-state index in [1.54, 1.807) is 0 Å². The molecule has 4 nitrogen and oxygen atoms in total. The normalized spacial score (nSPS) is 15.3. The summed E-state index contributed by atoms with van der Waals surface area (Å²) in [5.41, 5.74) is 3.55. The maximum atomic E-state index is 8.81. The second-order valence-corrected chi connectivity index (χ2v) is 9.18. The van der Waals surface area contributed by atoms with Crippen LogP contribution in [0.1, 0.15) is 35.6 Å². The quantitative estimate of drug-likeness (QED) is 0.329. The fourth-order valence-corrected chi connectivity index (χ4v) is 4.60. The summed E-state index contributed by atoms with van der Waals surface area (Å²) >= 11 is 6.15. The molecule has 5 heteroatoms. The molecule has 1 heterocycles. The Kier molecular flexibility index (Phi) is 9.63. The molecule has 0 bridgehead atoms. The van der Waals surface area contributed by atoms with Crippen LogP contribution in [0.25, 0.3) is 0 Å². The lowest BCUT2D eigenvalue weighted by atomic mass is 9.96. The Bertz CT molecular complexity index is 1080. The highest BCUT2D eigenvalue weighted by atomic mass is 35.5. The van der Waals surface area contributed by atoms with Crippen LogP contribution in [0.4, 0.5) is 0 Å². The summed E-state index contributed by atoms with van der Waals surface area (Å²) in [6.45, 7) is 6.00. The lowest BCUT2D eigenvalue weighted by Crippen LogP contribution is -2.48. The summed E-state index contributed by atoms with van der Waals surface area (Å²) in [7, 11) is 0. The Labute approximate surface area is 214 Å². The van der Waals surface area contributed by atoms with Gasteiger partial charge in [-0.15, -0.1) is 0 Å². The standard InChI is InChI=1S/C30H33ClN2O2/c31-28-14-12-27(13-15-28)30(26-8-2-1-3-9-26)33-21-19-32(20-22-33)18-6-24-35-29-16-10-25(11-17-29)7-4-5-23-34/h1-3,8-17,30,34H,5-6,18-24H2. The predicted octanol–water partition coefficient (Wildman–Crippen LogP) is 5.25. The van der Waals surface area contributed by atoms with Crippen molar-refractivity contribution in [2.75, 3.05) is 45.9 Å². The van der Waals surface area contributed by atoms with E-state index < -0.39 is 0 Å². The number of benzene rings is 3. The van der Waals surface area contributed by atoms with Gasteiger partial charge in [0.1, 0.15) is 5.75 Å². The van der Waals surface area contributed by atoms with Crippen LogP contribution in [0.2, 0.25) is 5.02 Å². The molecule has 3 aromatic carbocycles. The smallest absolute Gasteiger partial charge is 0.119 e. The number of nitrogens with zero attached hydrogens (tertiary/aromatic N) is 2. The Morgan fingerprint density at radius 2 is 1.54 bits per heavy atom. The van der Waals surface area contributed by atoms with Crippen molar-refractivity contribution in [2.24, 2.45) is 0 Å². The number of ether oxygens (including phenoxy) is 1. The summed E-state index contributed by atoms with van der Waals surface area (Å²) in [6, 6.07) is 27.1. The third kappa shape index (κ3) is 7.59. The van der Waals surface area contributed by atoms with Gasteiger partial charge in [0, 0.05) is 49.7 Å². The van der Waals surface area contributed by atoms with E-state index in [-0.39, 0.29) is 12.6 Å². The maximum absolute atomic E-state index is 8.81. The largest absolute Gasteiger partial charge is 0.494 e. The van der Waals surface area contributed by atoms with Gasteiger partial charge in [0.05, 0.1) is 19.3 Å². The van der Waals surface area contributed by atoms with Gasteiger partial charge in [0.25, 0.3) is 0 Å². The van der Waals surface area contributed by atoms with E-state index in [0.29, 0.717) is 13.0 Å². The summed E-state index contributed by atoms with van der Waals surface area (Å²) in [4.78, 5) is 5.11. The number of halogens is 1. The molecule has 1 unspecified atom stereocenters. The van der Waals surface area contributed by atoms with Crippen LogP contribution in [0.5, 0.6) is 5.75 Å². The van der Waals surface area contributed by atoms with Crippen LogP contribution >= 0.6 is 11.6 Å². The molecule has 4 rings (SSSR count). The highest BCUT2D eigenvalue weighted by Crippen LogP contribution is 2.30. The number of aliphatic hydroxyl groups excluding tert-OH is 1. The van der Waals surface area contributed by atoms with Crippen molar-refractivity contribution in [1.29, 1.82) is 0 Å². The molecule has 3 aromatic rings. The Morgan fingerprint density at radius 1 is 0.857 bits per heavy atom. The van der Waals surface area contributed by atoms with E-state index in [2.05, 4.69) is 64.1 Å². The summed E-state index contributed by atoms with van der Waals surface area (Å²) in [5.74, 6) is 6.84. The van der Waals surface area contributed by atoms with Gasteiger partial charge < -0.3 is 14.7 Å². The van der Waals surface area contributed by atoms with Crippen molar-refractivity contribution in [2.45, 2.75) is 18.9 Å². The molecule has 182 valence electrons. The molecule has 1 aliphatic rings. The average Bonchev–Trinajstić information content (AvgIpc) is 2.90. The topological polar surface area (TPSA) is 35.9 Å². The molecular formula is C30H33ClN2O2. The van der Waals surface area contributed by atoms with Crippen molar-refractivity contribution < 1.29 is 9.84 Å². The van der Waals surface area contributed by atoms with Gasteiger partial charge in [-0.2, -0.15) is 0 Å². The molecule has 1 N–H and O–H groups in total. The minimum absolute atomic E-state index is 0.0964. The second kappa shape index (κ2) is 13.3. The van der Waals surface area contributed by atoms with Gasteiger partial charge >= 0.3 is 0 Å². The first-order valence-corrected chi connectivity index (χ1v) is 12.7. The van der Waals surface area contributed by atoms with Crippen molar-refractivity contribution in [3.05, 3.63) is 101 Å². The van der Waals surface area contributed by atoms with Gasteiger partial charge in [-0.25, -0.2) is 0 Å². The third-order valence-corrected chi connectivity index (χ3v) is 6.54. The molecule has 0 aliphatic carbocycles. The average molecular weight is 489 g/mol. The molecule has 1 aliphatic heterocycles. The van der Waals surface area contributed by atoms with Crippen molar-refractivity contribution in [3.63, 3.8) is 0 Å². The minimum atomic E-state index is 0.0964. The molecule has 1 saturated heterocycles. The fourth-order valence-electron chi connectivity index (χ4n) is 4.47. The van der Waals surface area contributed by atoms with Crippen molar-refractivity contribution in [3.8, 4) is 17.6 Å². The minimum Gasteiger partial charge on any atom is -0.494 e. The SMILES string of the molecule is OCCC#Cc1ccc(OCCCN2CCN(C(c3ccccc3)c3ccc(Cl)cc3)CC2)cc1. The predicted molar refractivity (Wildman–Crippen MR) is 143 cm³/mol. The lowest BCUT2D eigenvalue weighted by Gasteiger charge is -2.39. The van der Waals surface area contributed by atoms with Crippen molar-refractivity contribution >= 4 is 11.6 Å². The molecule has 0 spiro atoms. The van der Waals surface area contributed by atoms with Crippen LogP contribution in [-0.2, 0) is 0 Å². The number of aliphatic hydroxyl groups is 1. The van der Waals surface area contributed by atoms with Gasteiger partial charge in [-0.3, -0.25) is 4.90 Å². The van der Waals surface area contributed by atoms with Crippen LogP contribution < -0.4 is 4.74 Å². The Balaban J connectivity index is 1.24. The van der Waals surface area contributed by atoms with E-state index in [1.165, 1.54) is 11.1 Å². The summed E-state index contributed by atoms with van der Waals surface area (Å²) < 4.78 is 5.93. The van der Waals surface area contributed by atoms with Gasteiger partial charge in [0.15, 0.2) is 0 Å². The fraction of sp³-hybridized carbons (Fsp3) is 0.333. The highest BCUT2D eigenvalue weighted by Gasteiger charge is 2.26. The highest BCUT2D eigenvalue weighted by molar-refractivity contribution is 6.30. The summed E-state index contributed by atoms with van der Waals surface area (Å²) in [5, 5.41) is 9.58. The van der Waals surface area contributed by atoms with E-state index in [1.807, 2.05) is 36.4 Å². The molecule has 0 radical (unpaired) electrons. The van der Waals surface area contributed by atoms with Crippen molar-refractivity contribution in [1.82, 2.24) is 9.80 Å². The number of piperazine rings is 1. The zero-order valence-corrected chi connectivity index (χ0v) is 20.8. The van der Waals surface area contributed by atoms with Crippen LogP contribution in [0.15, 0.2) is 78.9 Å². The molecule has 1 fully saturated rings. The first-order chi connectivity index (χ1) is 17.2. The zero-order chi connectivity index (χ0) is 24.3. The number of hydrogen-bond donors (Lipinski definition) is 1. The van der Waals surface area contributed by atoms with Gasteiger partial charge in [-0.05, 0) is 53.9 Å². The van der Waals surface area contributed by atoms with Crippen LogP contribution in [0.3, 0.4) is 0 Å². The third-order valence-electron chi connectivity index (χ3n) is 6.28. The molecule has 1 atom stereocenters. The molecule has 0 aromatic heterocycles. The van der Waals surface area contributed by atoms with E-state index >= 15 is 0 Å². The van der Waals surface area contributed by atoms with Crippen LogP contribution in [0, 0.1) is 11.8 Å². The van der Waals surface area contributed by atoms with Gasteiger partial charge in [-0.1, -0.05) is 65.9 Å². The number of hydrogen-bond acceptors (Lipinski definition) is 4. The monoisotopic (exact) mass is 488 g/mol. The lowest BCUT2D eigenvalue weighted by molar-refractivity contribution is 0.105. The molecular weight excluding hydrogens is 456 g/mol. The molecule has 0 saturated carbocycles. The Morgan fingerprint density at radius 3 is 2.23 bits per heavy atom. The van der Waals surface area contributed by atoms with E-state index in [0.717, 1.165) is 55.5 Å². The second-order valence-electron chi connectivity index (χ2n) is 8.74. The molecule has 0 amide bonds. The number of rotatable bonds is 9. The summed E-state index contributed by atoms with van der Waals surface area (Å²) in [6.07, 6.45) is 1.50. The first kappa shape index (κ1) is 25.3. The first-order valence-electron chi connectivity index (χ1n) is 12.3. The van der Waals surface area contributed by atoms with E-state index in [9.17, 15) is 0 Å². The van der Waals surface area contributed by atoms with Crippen LogP contribution in [-0.4, -0.2) is 60.8 Å². The molecule has 35 heavy (non-hydrogen) atoms. The maximum Gasteiger partial charge on any atom is 0.119 e.